The average Bonchev–Trinajstić information content (AvgIpc) is 3.19. The highest BCUT2D eigenvalue weighted by atomic mass is 19.1. The van der Waals surface area contributed by atoms with E-state index in [4.69, 9.17) is 4.52 Å². The molecule has 1 atom stereocenters. The van der Waals surface area contributed by atoms with Crippen LogP contribution in [-0.4, -0.2) is 40.3 Å². The Labute approximate surface area is 191 Å². The van der Waals surface area contributed by atoms with E-state index in [-0.39, 0.29) is 30.5 Å². The van der Waals surface area contributed by atoms with Crippen molar-refractivity contribution in [3.63, 3.8) is 0 Å². The minimum absolute atomic E-state index is 0.0137. The van der Waals surface area contributed by atoms with E-state index in [0.29, 0.717) is 36.8 Å². The molecular weight excluding hydrogens is 407 g/mol. The maximum Gasteiger partial charge on any atom is 0.257 e. The zero-order valence-corrected chi connectivity index (χ0v) is 19.8. The molecule has 6 nitrogen and oxygen atoms in total. The molecule has 0 aromatic carbocycles. The standard InChI is InChI=1S/C23H29FN4O2.C2H6/c1-5-14-25-15-13-17(4)28(7-3)21(29)16-18(6-2)22-26-23(30-27-22)19-9-8-10-20(24)12-11-19;1-2/h5,8-9,11-13,15,18H,1,6-7,10,14,16H2,2-4H3;1-2H3/b17-13+,25-15?;. The van der Waals surface area contributed by atoms with Crippen molar-refractivity contribution in [1.29, 1.82) is 0 Å². The van der Waals surface area contributed by atoms with Crippen molar-refractivity contribution in [1.82, 2.24) is 15.0 Å². The summed E-state index contributed by atoms with van der Waals surface area (Å²) in [4.78, 5) is 23.2. The predicted octanol–water partition coefficient (Wildman–Crippen LogP) is 6.19. The Morgan fingerprint density at radius 3 is 2.78 bits per heavy atom. The topological polar surface area (TPSA) is 71.6 Å². The summed E-state index contributed by atoms with van der Waals surface area (Å²) < 4.78 is 18.8. The molecule has 1 aliphatic carbocycles. The van der Waals surface area contributed by atoms with Gasteiger partial charge in [-0.3, -0.25) is 9.79 Å². The highest BCUT2D eigenvalue weighted by Gasteiger charge is 2.24. The van der Waals surface area contributed by atoms with E-state index < -0.39 is 0 Å². The molecule has 32 heavy (non-hydrogen) atoms. The fourth-order valence-corrected chi connectivity index (χ4v) is 3.01. The van der Waals surface area contributed by atoms with Crippen LogP contribution in [0, 0.1) is 0 Å². The van der Waals surface area contributed by atoms with Gasteiger partial charge in [-0.2, -0.15) is 4.98 Å². The number of aromatic nitrogens is 2. The van der Waals surface area contributed by atoms with Gasteiger partial charge in [-0.05, 0) is 38.5 Å². The summed E-state index contributed by atoms with van der Waals surface area (Å²) in [7, 11) is 0. The SMILES string of the molecule is C=CCN=C/C=C(\C)N(CC)C(=O)CC(CC)c1noc(C2=CC=C(F)CC=C2)n1.CC. The molecule has 0 saturated carbocycles. The first-order valence-corrected chi connectivity index (χ1v) is 11.1. The largest absolute Gasteiger partial charge is 0.334 e. The molecule has 0 bridgehead atoms. The van der Waals surface area contributed by atoms with Crippen LogP contribution < -0.4 is 0 Å². The number of carbonyl (C=O) groups excluding carboxylic acids is 1. The van der Waals surface area contributed by atoms with Crippen LogP contribution in [0.2, 0.25) is 0 Å². The molecule has 1 heterocycles. The van der Waals surface area contributed by atoms with Crippen molar-refractivity contribution in [2.45, 2.75) is 59.8 Å². The fraction of sp³-hybridized carbons (Fsp3) is 0.440. The lowest BCUT2D eigenvalue weighted by Gasteiger charge is -2.23. The fourth-order valence-electron chi connectivity index (χ4n) is 3.01. The van der Waals surface area contributed by atoms with Gasteiger partial charge in [0, 0.05) is 42.8 Å². The predicted molar refractivity (Wildman–Crippen MR) is 129 cm³/mol. The molecule has 0 N–H and O–H groups in total. The van der Waals surface area contributed by atoms with E-state index in [0.717, 1.165) is 5.70 Å². The number of nitrogens with zero attached hydrogens (tertiary/aromatic N) is 4. The molecule has 0 saturated heterocycles. The lowest BCUT2D eigenvalue weighted by atomic mass is 10.0. The summed E-state index contributed by atoms with van der Waals surface area (Å²) in [5, 5.41) is 4.07. The van der Waals surface area contributed by atoms with Crippen molar-refractivity contribution in [3.8, 4) is 0 Å². The Balaban J connectivity index is 0.00000249. The number of allylic oxidation sites excluding steroid dienone is 8. The second-order valence-electron chi connectivity index (χ2n) is 6.86. The number of aliphatic imine (C=N–C) groups is 1. The molecular formula is C25H35FN4O2. The first-order valence-electron chi connectivity index (χ1n) is 11.1. The van der Waals surface area contributed by atoms with Gasteiger partial charge in [0.05, 0.1) is 6.54 Å². The van der Waals surface area contributed by atoms with Crippen molar-refractivity contribution in [2.24, 2.45) is 4.99 Å². The highest BCUT2D eigenvalue weighted by Crippen LogP contribution is 2.26. The number of amides is 1. The molecule has 0 radical (unpaired) electrons. The van der Waals surface area contributed by atoms with Gasteiger partial charge in [-0.1, -0.05) is 44.2 Å². The van der Waals surface area contributed by atoms with E-state index in [1.54, 1.807) is 35.4 Å². The first-order chi connectivity index (χ1) is 15.5. The minimum Gasteiger partial charge on any atom is -0.334 e. The van der Waals surface area contributed by atoms with E-state index in [9.17, 15) is 9.18 Å². The second kappa shape index (κ2) is 14.8. The number of carbonyl (C=O) groups is 1. The Kier molecular flexibility index (Phi) is 12.5. The van der Waals surface area contributed by atoms with Crippen LogP contribution in [0.4, 0.5) is 4.39 Å². The molecule has 1 amide bonds. The summed E-state index contributed by atoms with van der Waals surface area (Å²) in [5.41, 5.74) is 1.47. The average molecular weight is 443 g/mol. The van der Waals surface area contributed by atoms with Gasteiger partial charge in [0.25, 0.3) is 5.89 Å². The monoisotopic (exact) mass is 442 g/mol. The van der Waals surface area contributed by atoms with Crippen molar-refractivity contribution in [2.75, 3.05) is 13.1 Å². The Bertz CT molecular complexity index is 894. The van der Waals surface area contributed by atoms with Crippen LogP contribution in [-0.2, 0) is 4.79 Å². The molecule has 1 aromatic rings. The smallest absolute Gasteiger partial charge is 0.257 e. The molecule has 1 unspecified atom stereocenters. The summed E-state index contributed by atoms with van der Waals surface area (Å²) >= 11 is 0. The van der Waals surface area contributed by atoms with Crippen LogP contribution in [0.25, 0.3) is 5.57 Å². The second-order valence-corrected chi connectivity index (χ2v) is 6.86. The van der Waals surface area contributed by atoms with E-state index >= 15 is 0 Å². The van der Waals surface area contributed by atoms with Crippen LogP contribution in [0.1, 0.15) is 71.5 Å². The summed E-state index contributed by atoms with van der Waals surface area (Å²) in [5.74, 6) is 0.388. The zero-order chi connectivity index (χ0) is 23.9. The summed E-state index contributed by atoms with van der Waals surface area (Å²) in [6.07, 6.45) is 12.9. The van der Waals surface area contributed by atoms with Gasteiger partial charge >= 0.3 is 0 Å². The van der Waals surface area contributed by atoms with Crippen LogP contribution in [0.3, 0.4) is 0 Å². The lowest BCUT2D eigenvalue weighted by molar-refractivity contribution is -0.129. The van der Waals surface area contributed by atoms with Gasteiger partial charge in [0.15, 0.2) is 5.82 Å². The maximum absolute atomic E-state index is 13.4. The number of hydrogen-bond donors (Lipinski definition) is 0. The lowest BCUT2D eigenvalue weighted by Crippen LogP contribution is -2.30. The molecule has 1 aromatic heterocycles. The van der Waals surface area contributed by atoms with Crippen molar-refractivity contribution < 1.29 is 13.7 Å². The first kappa shape index (κ1) is 26.9. The molecule has 174 valence electrons. The minimum atomic E-state index is -0.226. The molecule has 0 spiro atoms. The van der Waals surface area contributed by atoms with Crippen LogP contribution in [0.5, 0.6) is 0 Å². The van der Waals surface area contributed by atoms with Crippen molar-refractivity contribution in [3.05, 3.63) is 66.3 Å². The maximum atomic E-state index is 13.4. The van der Waals surface area contributed by atoms with Gasteiger partial charge in [0.1, 0.15) is 5.83 Å². The van der Waals surface area contributed by atoms with E-state index in [2.05, 4.69) is 21.7 Å². The van der Waals surface area contributed by atoms with Gasteiger partial charge in [0.2, 0.25) is 5.91 Å². The Morgan fingerprint density at radius 2 is 2.12 bits per heavy atom. The third kappa shape index (κ3) is 8.21. The van der Waals surface area contributed by atoms with E-state index in [1.165, 1.54) is 6.08 Å². The molecule has 1 aliphatic rings. The number of hydrogen-bond acceptors (Lipinski definition) is 5. The van der Waals surface area contributed by atoms with Crippen molar-refractivity contribution >= 4 is 17.7 Å². The van der Waals surface area contributed by atoms with Gasteiger partial charge in [-0.15, -0.1) is 6.58 Å². The van der Waals surface area contributed by atoms with Crippen LogP contribution in [0.15, 0.2) is 64.1 Å². The van der Waals surface area contributed by atoms with Crippen LogP contribution >= 0.6 is 0 Å². The highest BCUT2D eigenvalue weighted by molar-refractivity contribution is 5.81. The molecule has 0 fully saturated rings. The Morgan fingerprint density at radius 1 is 1.38 bits per heavy atom. The summed E-state index contributed by atoms with van der Waals surface area (Å²) in [6.45, 7) is 14.5. The van der Waals surface area contributed by atoms with Gasteiger partial charge < -0.3 is 9.42 Å². The third-order valence-corrected chi connectivity index (χ3v) is 4.72. The van der Waals surface area contributed by atoms with E-state index in [1.807, 2.05) is 40.7 Å². The molecule has 0 aliphatic heterocycles. The summed E-state index contributed by atoms with van der Waals surface area (Å²) in [6, 6.07) is 0. The quantitative estimate of drug-likeness (QED) is 0.320. The van der Waals surface area contributed by atoms with Gasteiger partial charge in [-0.25, -0.2) is 4.39 Å². The number of rotatable bonds is 10. The molecule has 2 rings (SSSR count). The Hall–Kier alpha value is -3.09. The normalized spacial score (nSPS) is 14.8. The zero-order valence-electron chi connectivity index (χ0n) is 19.8. The third-order valence-electron chi connectivity index (χ3n) is 4.72. The number of halogens is 1. The molecule has 7 heteroatoms.